The quantitative estimate of drug-likeness (QED) is 0.429. The number of benzene rings is 1. The second kappa shape index (κ2) is 5.68. The molecule has 20 heavy (non-hydrogen) atoms. The average Bonchev–Trinajstić information content (AvgIpc) is 3.18. The van der Waals surface area contributed by atoms with Gasteiger partial charge in [-0.25, -0.2) is 13.6 Å². The predicted molar refractivity (Wildman–Crippen MR) is 76.5 cm³/mol. The van der Waals surface area contributed by atoms with E-state index < -0.39 is 10.0 Å². The lowest BCUT2D eigenvalue weighted by atomic mass is 10.3. The SMILES string of the molecule is Nc1ccc(NCCNC(=O)C2CC2)c(S(N)(=O)=O)c1. The Hall–Kier alpha value is -1.80. The summed E-state index contributed by atoms with van der Waals surface area (Å²) in [5.74, 6) is 0.210. The highest BCUT2D eigenvalue weighted by atomic mass is 32.2. The van der Waals surface area contributed by atoms with Crippen molar-refractivity contribution in [3.8, 4) is 0 Å². The predicted octanol–water partition coefficient (Wildman–Crippen LogP) is -0.146. The molecule has 6 N–H and O–H groups in total. The Labute approximate surface area is 117 Å². The van der Waals surface area contributed by atoms with E-state index in [4.69, 9.17) is 10.9 Å². The molecular weight excluding hydrogens is 280 g/mol. The highest BCUT2D eigenvalue weighted by Crippen LogP contribution is 2.28. The minimum Gasteiger partial charge on any atom is -0.399 e. The number of amides is 1. The number of primary sulfonamides is 1. The summed E-state index contributed by atoms with van der Waals surface area (Å²) < 4.78 is 22.9. The summed E-state index contributed by atoms with van der Waals surface area (Å²) in [6.07, 6.45) is 1.90. The molecule has 1 saturated carbocycles. The highest BCUT2D eigenvalue weighted by Gasteiger charge is 2.28. The van der Waals surface area contributed by atoms with Crippen LogP contribution in [0.25, 0.3) is 0 Å². The van der Waals surface area contributed by atoms with Crippen molar-refractivity contribution in [1.82, 2.24) is 5.32 Å². The van der Waals surface area contributed by atoms with E-state index in [0.29, 0.717) is 24.5 Å². The first-order valence-electron chi connectivity index (χ1n) is 6.32. The number of nitrogens with one attached hydrogen (secondary N) is 2. The van der Waals surface area contributed by atoms with Crippen LogP contribution in [0, 0.1) is 5.92 Å². The molecule has 0 saturated heterocycles. The minimum atomic E-state index is -3.84. The van der Waals surface area contributed by atoms with Gasteiger partial charge in [-0.2, -0.15) is 0 Å². The van der Waals surface area contributed by atoms with Gasteiger partial charge in [0, 0.05) is 24.7 Å². The Balaban J connectivity index is 1.93. The van der Waals surface area contributed by atoms with E-state index in [9.17, 15) is 13.2 Å². The van der Waals surface area contributed by atoms with Crippen molar-refractivity contribution >= 4 is 27.3 Å². The number of anilines is 2. The molecule has 0 unspecified atom stereocenters. The summed E-state index contributed by atoms with van der Waals surface area (Å²) in [7, 11) is -3.84. The van der Waals surface area contributed by atoms with Crippen molar-refractivity contribution in [1.29, 1.82) is 0 Å². The minimum absolute atomic E-state index is 0.0500. The topological polar surface area (TPSA) is 127 Å². The van der Waals surface area contributed by atoms with E-state index in [1.165, 1.54) is 6.07 Å². The second-order valence-electron chi connectivity index (χ2n) is 4.79. The molecule has 0 aromatic heterocycles. The maximum Gasteiger partial charge on any atom is 0.240 e. The standard InChI is InChI=1S/C12H18N4O3S/c13-9-3-4-10(11(7-9)20(14,18)19)15-5-6-16-12(17)8-1-2-8/h3-4,7-8,15H,1-2,5-6,13H2,(H,16,17)(H2,14,18,19). The van der Waals surface area contributed by atoms with Crippen LogP contribution in [0.15, 0.2) is 23.1 Å². The maximum atomic E-state index is 11.5. The number of nitrogens with two attached hydrogens (primary N) is 2. The Morgan fingerprint density at radius 2 is 2.00 bits per heavy atom. The fraction of sp³-hybridized carbons (Fsp3) is 0.417. The van der Waals surface area contributed by atoms with Gasteiger partial charge in [-0.1, -0.05) is 0 Å². The molecule has 0 spiro atoms. The van der Waals surface area contributed by atoms with Crippen LogP contribution in [0.3, 0.4) is 0 Å². The van der Waals surface area contributed by atoms with Gasteiger partial charge < -0.3 is 16.4 Å². The van der Waals surface area contributed by atoms with Gasteiger partial charge in [0.2, 0.25) is 15.9 Å². The molecule has 0 atom stereocenters. The third-order valence-electron chi connectivity index (χ3n) is 3.00. The molecule has 1 fully saturated rings. The Morgan fingerprint density at radius 1 is 1.30 bits per heavy atom. The summed E-state index contributed by atoms with van der Waals surface area (Å²) in [6.45, 7) is 0.828. The van der Waals surface area contributed by atoms with Crippen molar-refractivity contribution in [2.75, 3.05) is 24.1 Å². The molecule has 7 nitrogen and oxygen atoms in total. The molecule has 1 aromatic rings. The van der Waals surface area contributed by atoms with Crippen LogP contribution in [-0.4, -0.2) is 27.4 Å². The second-order valence-corrected chi connectivity index (χ2v) is 6.32. The van der Waals surface area contributed by atoms with Gasteiger partial charge in [-0.3, -0.25) is 4.79 Å². The van der Waals surface area contributed by atoms with Crippen LogP contribution < -0.4 is 21.5 Å². The lowest BCUT2D eigenvalue weighted by Gasteiger charge is -2.12. The van der Waals surface area contributed by atoms with Crippen LogP contribution >= 0.6 is 0 Å². The number of nitrogen functional groups attached to an aromatic ring is 1. The molecule has 0 radical (unpaired) electrons. The third kappa shape index (κ3) is 3.84. The molecule has 0 aliphatic heterocycles. The average molecular weight is 298 g/mol. The van der Waals surface area contributed by atoms with E-state index in [1.807, 2.05) is 0 Å². The molecule has 110 valence electrons. The smallest absolute Gasteiger partial charge is 0.240 e. The van der Waals surface area contributed by atoms with Crippen molar-refractivity contribution in [2.24, 2.45) is 11.1 Å². The first kappa shape index (κ1) is 14.6. The molecule has 2 rings (SSSR count). The van der Waals surface area contributed by atoms with E-state index >= 15 is 0 Å². The van der Waals surface area contributed by atoms with Gasteiger partial charge in [-0.15, -0.1) is 0 Å². The number of sulfonamides is 1. The zero-order valence-electron chi connectivity index (χ0n) is 10.9. The van der Waals surface area contributed by atoms with Gasteiger partial charge in [0.1, 0.15) is 4.90 Å². The van der Waals surface area contributed by atoms with Crippen molar-refractivity contribution in [3.05, 3.63) is 18.2 Å². The van der Waals surface area contributed by atoms with Gasteiger partial charge >= 0.3 is 0 Å². The number of carbonyl (C=O) groups excluding carboxylic acids is 1. The lowest BCUT2D eigenvalue weighted by molar-refractivity contribution is -0.122. The van der Waals surface area contributed by atoms with E-state index in [0.717, 1.165) is 12.8 Å². The molecule has 1 amide bonds. The normalized spacial score (nSPS) is 14.8. The van der Waals surface area contributed by atoms with E-state index in [1.54, 1.807) is 12.1 Å². The Kier molecular flexibility index (Phi) is 4.15. The summed E-state index contributed by atoms with van der Waals surface area (Å²) in [4.78, 5) is 11.4. The zero-order chi connectivity index (χ0) is 14.8. The largest absolute Gasteiger partial charge is 0.399 e. The number of hydrogen-bond acceptors (Lipinski definition) is 5. The van der Waals surface area contributed by atoms with Crippen LogP contribution in [-0.2, 0) is 14.8 Å². The van der Waals surface area contributed by atoms with E-state index in [2.05, 4.69) is 10.6 Å². The van der Waals surface area contributed by atoms with Crippen LogP contribution in [0.5, 0.6) is 0 Å². The van der Waals surface area contributed by atoms with Crippen LogP contribution in [0.2, 0.25) is 0 Å². The van der Waals surface area contributed by atoms with Gasteiger partial charge in [0.25, 0.3) is 0 Å². The first-order chi connectivity index (χ1) is 9.38. The summed E-state index contributed by atoms with van der Waals surface area (Å²) in [6, 6.07) is 4.44. The van der Waals surface area contributed by atoms with Crippen LogP contribution in [0.4, 0.5) is 11.4 Å². The van der Waals surface area contributed by atoms with Gasteiger partial charge in [0.05, 0.1) is 5.69 Å². The fourth-order valence-electron chi connectivity index (χ4n) is 1.79. The molecule has 1 aromatic carbocycles. The maximum absolute atomic E-state index is 11.5. The third-order valence-corrected chi connectivity index (χ3v) is 3.95. The highest BCUT2D eigenvalue weighted by molar-refractivity contribution is 7.89. The Bertz CT molecular complexity index is 611. The van der Waals surface area contributed by atoms with E-state index in [-0.39, 0.29) is 16.7 Å². The Morgan fingerprint density at radius 3 is 2.60 bits per heavy atom. The summed E-state index contributed by atoms with van der Waals surface area (Å²) in [5.41, 5.74) is 6.25. The number of carbonyl (C=O) groups is 1. The molecule has 8 heteroatoms. The lowest BCUT2D eigenvalue weighted by Crippen LogP contribution is -2.30. The van der Waals surface area contributed by atoms with Crippen molar-refractivity contribution in [3.63, 3.8) is 0 Å². The van der Waals surface area contributed by atoms with Gasteiger partial charge in [-0.05, 0) is 31.0 Å². The monoisotopic (exact) mass is 298 g/mol. The molecule has 1 aliphatic carbocycles. The first-order valence-corrected chi connectivity index (χ1v) is 7.86. The molecule has 1 aliphatic rings. The van der Waals surface area contributed by atoms with Gasteiger partial charge in [0.15, 0.2) is 0 Å². The number of hydrogen-bond donors (Lipinski definition) is 4. The van der Waals surface area contributed by atoms with Crippen LogP contribution in [0.1, 0.15) is 12.8 Å². The zero-order valence-corrected chi connectivity index (χ0v) is 11.7. The summed E-state index contributed by atoms with van der Waals surface area (Å²) >= 11 is 0. The van der Waals surface area contributed by atoms with Crippen molar-refractivity contribution < 1.29 is 13.2 Å². The molecule has 0 heterocycles. The van der Waals surface area contributed by atoms with Crippen molar-refractivity contribution in [2.45, 2.75) is 17.7 Å². The molecule has 0 bridgehead atoms. The molecular formula is C12H18N4O3S. The number of rotatable bonds is 6. The fourth-order valence-corrected chi connectivity index (χ4v) is 2.54. The summed E-state index contributed by atoms with van der Waals surface area (Å²) in [5, 5.41) is 10.8.